The van der Waals surface area contributed by atoms with Crippen LogP contribution in [-0.4, -0.2) is 74.7 Å². The van der Waals surface area contributed by atoms with Crippen molar-refractivity contribution in [2.24, 2.45) is 10.9 Å². The number of halogens is 1. The van der Waals surface area contributed by atoms with Gasteiger partial charge in [-0.3, -0.25) is 14.8 Å². The highest BCUT2D eigenvalue weighted by Crippen LogP contribution is 2.18. The number of piperazine rings is 3. The van der Waals surface area contributed by atoms with Gasteiger partial charge in [-0.25, -0.2) is 0 Å². The highest BCUT2D eigenvalue weighted by molar-refractivity contribution is 14.0. The lowest BCUT2D eigenvalue weighted by Gasteiger charge is -2.47. The Hall–Kier alpha value is -1.06. The first kappa shape index (κ1) is 23.2. The Labute approximate surface area is 187 Å². The lowest BCUT2D eigenvalue weighted by Crippen LogP contribution is -2.63. The molecule has 0 amide bonds. The Morgan fingerprint density at radius 2 is 1.82 bits per heavy atom. The third-order valence-corrected chi connectivity index (χ3v) is 5.44. The molecule has 1 aromatic rings. The fourth-order valence-electron chi connectivity index (χ4n) is 3.73. The van der Waals surface area contributed by atoms with Crippen molar-refractivity contribution in [2.75, 3.05) is 52.9 Å². The Morgan fingerprint density at radius 3 is 2.36 bits per heavy atom. The Balaban J connectivity index is 0.00000280. The highest BCUT2D eigenvalue weighted by Gasteiger charge is 2.31. The number of ether oxygens (including phenoxy) is 1. The highest BCUT2D eigenvalue weighted by atomic mass is 127. The number of aliphatic imine (C=N–C) groups is 1. The normalized spacial score (nSPS) is 25.2. The quantitative estimate of drug-likeness (QED) is 0.342. The van der Waals surface area contributed by atoms with Gasteiger partial charge in [-0.05, 0) is 30.5 Å². The molecule has 4 rings (SSSR count). The summed E-state index contributed by atoms with van der Waals surface area (Å²) in [6, 6.07) is 9.11. The molecule has 2 unspecified atom stereocenters. The zero-order valence-electron chi connectivity index (χ0n) is 17.6. The minimum Gasteiger partial charge on any atom is -0.493 e. The molecule has 3 saturated heterocycles. The molecule has 2 N–H and O–H groups in total. The second-order valence-electron chi connectivity index (χ2n) is 8.08. The van der Waals surface area contributed by atoms with E-state index in [1.807, 2.05) is 19.2 Å². The van der Waals surface area contributed by atoms with E-state index in [0.29, 0.717) is 12.0 Å². The summed E-state index contributed by atoms with van der Waals surface area (Å²) in [5, 5.41) is 7.02. The number of nitrogens with zero attached hydrogens (tertiary/aromatic N) is 3. The number of rotatable bonds is 7. The van der Waals surface area contributed by atoms with Crippen LogP contribution < -0.4 is 15.4 Å². The SMILES string of the molecule is CN=C(NCC1CN2CCN1CC2)NC(C)c1ccc(OCC(C)C)cc1.I. The molecule has 6 nitrogen and oxygen atoms in total. The molecule has 3 aliphatic rings. The van der Waals surface area contributed by atoms with Crippen molar-refractivity contribution in [3.8, 4) is 5.75 Å². The molecule has 0 spiro atoms. The van der Waals surface area contributed by atoms with Gasteiger partial charge in [-0.2, -0.15) is 0 Å². The van der Waals surface area contributed by atoms with Crippen molar-refractivity contribution >= 4 is 29.9 Å². The van der Waals surface area contributed by atoms with Gasteiger partial charge in [0, 0.05) is 52.4 Å². The second-order valence-corrected chi connectivity index (χ2v) is 8.08. The van der Waals surface area contributed by atoms with Gasteiger partial charge in [0.25, 0.3) is 0 Å². The lowest BCUT2D eigenvalue weighted by molar-refractivity contribution is 0.0154. The maximum Gasteiger partial charge on any atom is 0.191 e. The summed E-state index contributed by atoms with van der Waals surface area (Å²) in [4.78, 5) is 9.56. The van der Waals surface area contributed by atoms with Gasteiger partial charge in [0.1, 0.15) is 5.75 Å². The molecule has 2 bridgehead atoms. The molecule has 1 aromatic carbocycles. The molecule has 7 heteroatoms. The van der Waals surface area contributed by atoms with Gasteiger partial charge in [0.2, 0.25) is 0 Å². The van der Waals surface area contributed by atoms with Crippen LogP contribution in [0.1, 0.15) is 32.4 Å². The number of fused-ring (bicyclic) bond motifs is 3. The van der Waals surface area contributed by atoms with Gasteiger partial charge < -0.3 is 15.4 Å². The summed E-state index contributed by atoms with van der Waals surface area (Å²) < 4.78 is 5.77. The summed E-state index contributed by atoms with van der Waals surface area (Å²) in [5.74, 6) is 2.33. The van der Waals surface area contributed by atoms with Crippen molar-refractivity contribution in [2.45, 2.75) is 32.9 Å². The Morgan fingerprint density at radius 1 is 1.14 bits per heavy atom. The molecule has 0 radical (unpaired) electrons. The van der Waals surface area contributed by atoms with E-state index in [1.54, 1.807) is 0 Å². The standard InChI is InChI=1S/C21H35N5O.HI/c1-16(2)15-27-20-7-5-18(6-8-20)17(3)24-21(22-4)23-13-19-14-25-9-11-26(19)12-10-25;/h5-8,16-17,19H,9-15H2,1-4H3,(H2,22,23,24);1H. The van der Waals surface area contributed by atoms with Crippen molar-refractivity contribution < 1.29 is 4.74 Å². The van der Waals surface area contributed by atoms with Crippen LogP contribution in [0.5, 0.6) is 5.75 Å². The van der Waals surface area contributed by atoms with E-state index in [0.717, 1.165) is 31.4 Å². The molecule has 0 aliphatic carbocycles. The van der Waals surface area contributed by atoms with Gasteiger partial charge in [0.15, 0.2) is 5.96 Å². The number of hydrogen-bond donors (Lipinski definition) is 2. The van der Waals surface area contributed by atoms with Gasteiger partial charge >= 0.3 is 0 Å². The fraction of sp³-hybridized carbons (Fsp3) is 0.667. The maximum absolute atomic E-state index is 5.77. The van der Waals surface area contributed by atoms with Crippen molar-refractivity contribution in [1.29, 1.82) is 0 Å². The molecule has 3 heterocycles. The molecule has 28 heavy (non-hydrogen) atoms. The van der Waals surface area contributed by atoms with E-state index in [4.69, 9.17) is 4.74 Å². The third kappa shape index (κ3) is 6.49. The molecule has 158 valence electrons. The second kappa shape index (κ2) is 11.2. The first-order valence-electron chi connectivity index (χ1n) is 10.2. The Kier molecular flexibility index (Phi) is 9.30. The first-order chi connectivity index (χ1) is 13.0. The molecule has 3 aliphatic heterocycles. The summed E-state index contributed by atoms with van der Waals surface area (Å²) in [6.07, 6.45) is 0. The first-order valence-corrected chi connectivity index (χ1v) is 10.2. The van der Waals surface area contributed by atoms with Crippen LogP contribution in [0.15, 0.2) is 29.3 Å². The number of guanidine groups is 1. The average Bonchev–Trinajstić information content (AvgIpc) is 2.70. The molecular weight excluding hydrogens is 465 g/mol. The van der Waals surface area contributed by atoms with Crippen LogP contribution in [-0.2, 0) is 0 Å². The predicted molar refractivity (Wildman–Crippen MR) is 127 cm³/mol. The zero-order chi connectivity index (χ0) is 19.2. The Bertz CT molecular complexity index is 614. The topological polar surface area (TPSA) is 52.1 Å². The lowest BCUT2D eigenvalue weighted by atomic mass is 10.1. The van der Waals surface area contributed by atoms with Crippen molar-refractivity contribution in [3.63, 3.8) is 0 Å². The summed E-state index contributed by atoms with van der Waals surface area (Å²) >= 11 is 0. The van der Waals surface area contributed by atoms with Crippen LogP contribution in [0.25, 0.3) is 0 Å². The third-order valence-electron chi connectivity index (χ3n) is 5.44. The van der Waals surface area contributed by atoms with Crippen LogP contribution in [0, 0.1) is 5.92 Å². The van der Waals surface area contributed by atoms with Crippen LogP contribution in [0.2, 0.25) is 0 Å². The predicted octanol–water partition coefficient (Wildman–Crippen LogP) is 2.57. The molecule has 3 fully saturated rings. The van der Waals surface area contributed by atoms with Crippen molar-refractivity contribution in [1.82, 2.24) is 20.4 Å². The minimum atomic E-state index is 0. The summed E-state index contributed by atoms with van der Waals surface area (Å²) in [7, 11) is 1.84. The zero-order valence-corrected chi connectivity index (χ0v) is 20.0. The van der Waals surface area contributed by atoms with E-state index in [2.05, 4.69) is 58.3 Å². The monoisotopic (exact) mass is 501 g/mol. The van der Waals surface area contributed by atoms with Crippen LogP contribution >= 0.6 is 24.0 Å². The smallest absolute Gasteiger partial charge is 0.191 e. The van der Waals surface area contributed by atoms with Crippen molar-refractivity contribution in [3.05, 3.63) is 29.8 Å². The van der Waals surface area contributed by atoms with E-state index < -0.39 is 0 Å². The fourth-order valence-corrected chi connectivity index (χ4v) is 3.73. The summed E-state index contributed by atoms with van der Waals surface area (Å²) in [6.45, 7) is 14.2. The molecule has 0 aromatic heterocycles. The van der Waals surface area contributed by atoms with Gasteiger partial charge in [-0.15, -0.1) is 24.0 Å². The minimum absolute atomic E-state index is 0. The van der Waals surface area contributed by atoms with E-state index in [-0.39, 0.29) is 30.0 Å². The average molecular weight is 501 g/mol. The van der Waals surface area contributed by atoms with E-state index in [9.17, 15) is 0 Å². The van der Waals surface area contributed by atoms with Crippen LogP contribution in [0.3, 0.4) is 0 Å². The molecule has 2 atom stereocenters. The van der Waals surface area contributed by atoms with E-state index >= 15 is 0 Å². The van der Waals surface area contributed by atoms with Crippen LogP contribution in [0.4, 0.5) is 0 Å². The number of benzene rings is 1. The molecule has 0 saturated carbocycles. The van der Waals surface area contributed by atoms with E-state index in [1.165, 1.54) is 31.7 Å². The van der Waals surface area contributed by atoms with Gasteiger partial charge in [0.05, 0.1) is 12.6 Å². The summed E-state index contributed by atoms with van der Waals surface area (Å²) in [5.41, 5.74) is 1.22. The largest absolute Gasteiger partial charge is 0.493 e. The number of nitrogens with one attached hydrogen (secondary N) is 2. The molecular formula is C21H36IN5O. The van der Waals surface area contributed by atoms with Gasteiger partial charge in [-0.1, -0.05) is 26.0 Å². The number of hydrogen-bond acceptors (Lipinski definition) is 4. The maximum atomic E-state index is 5.77.